The molecule has 0 saturated heterocycles. The van der Waals surface area contributed by atoms with Gasteiger partial charge in [-0.3, -0.25) is 9.78 Å². The van der Waals surface area contributed by atoms with Gasteiger partial charge in [-0.05, 0) is 28.5 Å². The Labute approximate surface area is 110 Å². The first-order valence-electron chi connectivity index (χ1n) is 5.99. The van der Waals surface area contributed by atoms with Gasteiger partial charge < -0.3 is 5.11 Å². The summed E-state index contributed by atoms with van der Waals surface area (Å²) in [6, 6.07) is 3.34. The van der Waals surface area contributed by atoms with E-state index in [4.69, 9.17) is 5.11 Å². The predicted octanol–water partition coefficient (Wildman–Crippen LogP) is 1.41. The highest BCUT2D eigenvalue weighted by Crippen LogP contribution is 2.25. The van der Waals surface area contributed by atoms with Crippen LogP contribution in [0.3, 0.4) is 0 Å². The number of carbonyl (C=O) groups is 1. The Morgan fingerprint density at radius 2 is 2.26 bits per heavy atom. The summed E-state index contributed by atoms with van der Waals surface area (Å²) in [5.74, 6) is -0.227. The minimum Gasteiger partial charge on any atom is -0.481 e. The molecule has 0 aliphatic carbocycles. The third kappa shape index (κ3) is 2.93. The lowest BCUT2D eigenvalue weighted by Gasteiger charge is -2.19. The molecule has 2 aromatic heterocycles. The van der Waals surface area contributed by atoms with E-state index in [1.54, 1.807) is 23.1 Å². The standard InChI is InChI=1S/C12H15N5O2/c1-8(2)10(6-11(18)19)17-12(14-15-16-17)9-4-3-5-13-7-9/h3-5,7-8,10H,6H2,1-2H3,(H,18,19). The molecule has 2 heterocycles. The number of aromatic nitrogens is 5. The number of tetrazole rings is 1. The zero-order valence-corrected chi connectivity index (χ0v) is 10.8. The van der Waals surface area contributed by atoms with Gasteiger partial charge in [0.05, 0.1) is 12.5 Å². The van der Waals surface area contributed by atoms with Crippen molar-refractivity contribution in [3.05, 3.63) is 24.5 Å². The van der Waals surface area contributed by atoms with Crippen LogP contribution < -0.4 is 0 Å². The summed E-state index contributed by atoms with van der Waals surface area (Å²) in [6.07, 6.45) is 3.30. The first kappa shape index (κ1) is 13.1. The Bertz CT molecular complexity index is 552. The number of hydrogen-bond acceptors (Lipinski definition) is 5. The fourth-order valence-corrected chi connectivity index (χ4v) is 1.89. The lowest BCUT2D eigenvalue weighted by Crippen LogP contribution is -2.21. The van der Waals surface area contributed by atoms with Crippen molar-refractivity contribution in [3.8, 4) is 11.4 Å². The van der Waals surface area contributed by atoms with Crippen LogP contribution >= 0.6 is 0 Å². The highest BCUT2D eigenvalue weighted by Gasteiger charge is 2.24. The smallest absolute Gasteiger partial charge is 0.305 e. The number of nitrogens with zero attached hydrogens (tertiary/aromatic N) is 5. The van der Waals surface area contributed by atoms with Crippen LogP contribution in [0.1, 0.15) is 26.3 Å². The quantitative estimate of drug-likeness (QED) is 0.874. The number of hydrogen-bond donors (Lipinski definition) is 1. The van der Waals surface area contributed by atoms with Crippen LogP contribution in [-0.4, -0.2) is 36.3 Å². The number of pyridine rings is 1. The molecule has 1 N–H and O–H groups in total. The van der Waals surface area contributed by atoms with Crippen LogP contribution in [0.4, 0.5) is 0 Å². The van der Waals surface area contributed by atoms with Crippen LogP contribution in [0, 0.1) is 5.92 Å². The molecule has 0 spiro atoms. The van der Waals surface area contributed by atoms with Crippen molar-refractivity contribution in [2.24, 2.45) is 5.92 Å². The zero-order valence-electron chi connectivity index (χ0n) is 10.8. The minimum atomic E-state index is -0.869. The fourth-order valence-electron chi connectivity index (χ4n) is 1.89. The highest BCUT2D eigenvalue weighted by atomic mass is 16.4. The summed E-state index contributed by atoms with van der Waals surface area (Å²) in [5, 5.41) is 20.5. The second-order valence-corrected chi connectivity index (χ2v) is 4.60. The molecule has 1 atom stereocenters. The zero-order chi connectivity index (χ0) is 13.8. The van der Waals surface area contributed by atoms with Gasteiger partial charge in [-0.2, -0.15) is 0 Å². The second kappa shape index (κ2) is 5.55. The van der Waals surface area contributed by atoms with Gasteiger partial charge in [0.15, 0.2) is 5.82 Å². The largest absolute Gasteiger partial charge is 0.481 e. The Balaban J connectivity index is 2.39. The summed E-state index contributed by atoms with van der Waals surface area (Å²) < 4.78 is 1.57. The van der Waals surface area contributed by atoms with E-state index < -0.39 is 5.97 Å². The van der Waals surface area contributed by atoms with Crippen molar-refractivity contribution >= 4 is 5.97 Å². The average molecular weight is 261 g/mol. The van der Waals surface area contributed by atoms with Crippen molar-refractivity contribution < 1.29 is 9.90 Å². The maximum absolute atomic E-state index is 11.0. The number of rotatable bonds is 5. The molecular formula is C12H15N5O2. The van der Waals surface area contributed by atoms with Gasteiger partial charge in [-0.15, -0.1) is 5.10 Å². The molecule has 7 nitrogen and oxygen atoms in total. The molecule has 0 amide bonds. The van der Waals surface area contributed by atoms with Gasteiger partial charge in [-0.25, -0.2) is 4.68 Å². The summed E-state index contributed by atoms with van der Waals surface area (Å²) in [7, 11) is 0. The van der Waals surface area contributed by atoms with Crippen molar-refractivity contribution in [2.45, 2.75) is 26.3 Å². The SMILES string of the molecule is CC(C)C(CC(=O)O)n1nnnc1-c1cccnc1. The molecule has 0 aliphatic rings. The lowest BCUT2D eigenvalue weighted by atomic mass is 10.0. The van der Waals surface area contributed by atoms with E-state index in [0.717, 1.165) is 5.56 Å². The van der Waals surface area contributed by atoms with E-state index in [1.807, 2.05) is 19.9 Å². The van der Waals surface area contributed by atoms with Gasteiger partial charge in [0, 0.05) is 18.0 Å². The first-order valence-corrected chi connectivity index (χ1v) is 5.99. The van der Waals surface area contributed by atoms with E-state index in [2.05, 4.69) is 20.5 Å². The Hall–Kier alpha value is -2.31. The Morgan fingerprint density at radius 1 is 1.47 bits per heavy atom. The van der Waals surface area contributed by atoms with Crippen molar-refractivity contribution in [1.82, 2.24) is 25.2 Å². The van der Waals surface area contributed by atoms with E-state index >= 15 is 0 Å². The molecule has 7 heteroatoms. The molecule has 0 bridgehead atoms. The maximum Gasteiger partial charge on any atom is 0.305 e. The normalized spacial score (nSPS) is 12.6. The van der Waals surface area contributed by atoms with Crippen molar-refractivity contribution in [2.75, 3.05) is 0 Å². The summed E-state index contributed by atoms with van der Waals surface area (Å²) in [5.41, 5.74) is 0.767. The van der Waals surface area contributed by atoms with Crippen LogP contribution in [0.5, 0.6) is 0 Å². The molecular weight excluding hydrogens is 246 g/mol. The molecule has 0 aliphatic heterocycles. The molecule has 0 aromatic carbocycles. The first-order chi connectivity index (χ1) is 9.09. The maximum atomic E-state index is 11.0. The monoisotopic (exact) mass is 261 g/mol. The van der Waals surface area contributed by atoms with E-state index in [0.29, 0.717) is 5.82 Å². The van der Waals surface area contributed by atoms with Crippen LogP contribution in [0.15, 0.2) is 24.5 Å². The molecule has 0 saturated carbocycles. The third-order valence-electron chi connectivity index (χ3n) is 2.88. The van der Waals surface area contributed by atoms with Crippen LogP contribution in [-0.2, 0) is 4.79 Å². The Morgan fingerprint density at radius 3 is 2.84 bits per heavy atom. The Kier molecular flexibility index (Phi) is 3.84. The van der Waals surface area contributed by atoms with Gasteiger partial charge >= 0.3 is 5.97 Å². The van der Waals surface area contributed by atoms with E-state index in [-0.39, 0.29) is 18.4 Å². The molecule has 19 heavy (non-hydrogen) atoms. The number of carboxylic acid groups (broad SMARTS) is 1. The van der Waals surface area contributed by atoms with Gasteiger partial charge in [-0.1, -0.05) is 13.8 Å². The summed E-state index contributed by atoms with van der Waals surface area (Å²) in [4.78, 5) is 15.0. The van der Waals surface area contributed by atoms with Crippen molar-refractivity contribution in [3.63, 3.8) is 0 Å². The van der Waals surface area contributed by atoms with Crippen LogP contribution in [0.2, 0.25) is 0 Å². The third-order valence-corrected chi connectivity index (χ3v) is 2.88. The number of carboxylic acids is 1. The second-order valence-electron chi connectivity index (χ2n) is 4.60. The molecule has 2 aromatic rings. The predicted molar refractivity (Wildman–Crippen MR) is 67.2 cm³/mol. The molecule has 100 valence electrons. The fraction of sp³-hybridized carbons (Fsp3) is 0.417. The number of aliphatic carboxylic acids is 1. The van der Waals surface area contributed by atoms with Gasteiger partial charge in [0.25, 0.3) is 0 Å². The lowest BCUT2D eigenvalue weighted by molar-refractivity contribution is -0.138. The van der Waals surface area contributed by atoms with E-state index in [1.165, 1.54) is 0 Å². The molecule has 2 rings (SSSR count). The topological polar surface area (TPSA) is 93.8 Å². The van der Waals surface area contributed by atoms with E-state index in [9.17, 15) is 4.79 Å². The van der Waals surface area contributed by atoms with Crippen LogP contribution in [0.25, 0.3) is 11.4 Å². The molecule has 0 fully saturated rings. The van der Waals surface area contributed by atoms with Crippen molar-refractivity contribution in [1.29, 1.82) is 0 Å². The summed E-state index contributed by atoms with van der Waals surface area (Å²) >= 11 is 0. The van der Waals surface area contributed by atoms with Gasteiger partial charge in [0.2, 0.25) is 0 Å². The molecule has 0 radical (unpaired) electrons. The average Bonchev–Trinajstić information content (AvgIpc) is 2.85. The minimum absolute atomic E-state index is 0.0179. The molecule has 1 unspecified atom stereocenters. The van der Waals surface area contributed by atoms with Gasteiger partial charge in [0.1, 0.15) is 0 Å². The summed E-state index contributed by atoms with van der Waals surface area (Å²) in [6.45, 7) is 3.89. The highest BCUT2D eigenvalue weighted by molar-refractivity contribution is 5.67.